The summed E-state index contributed by atoms with van der Waals surface area (Å²) in [6.07, 6.45) is 1.54. The molecule has 0 amide bonds. The van der Waals surface area contributed by atoms with E-state index in [-0.39, 0.29) is 12.6 Å². The summed E-state index contributed by atoms with van der Waals surface area (Å²) in [5.74, 6) is 1.75. The maximum absolute atomic E-state index is 8.74. The fourth-order valence-electron chi connectivity index (χ4n) is 1.94. The Hall–Kier alpha value is -2.96. The highest BCUT2D eigenvalue weighted by molar-refractivity contribution is 5.97. The molecule has 108 valence electrons. The summed E-state index contributed by atoms with van der Waals surface area (Å²) >= 11 is 0. The van der Waals surface area contributed by atoms with E-state index in [1.54, 1.807) is 18.3 Å². The first-order valence-corrected chi connectivity index (χ1v) is 6.22. The summed E-state index contributed by atoms with van der Waals surface area (Å²) in [6.45, 7) is 0.532. The highest BCUT2D eigenvalue weighted by Crippen LogP contribution is 2.32. The third-order valence-corrected chi connectivity index (χ3v) is 2.95. The molecule has 3 N–H and O–H groups in total. The number of ether oxygens (including phenoxy) is 3. The molecule has 1 aliphatic rings. The van der Waals surface area contributed by atoms with Crippen LogP contribution < -0.4 is 19.9 Å². The van der Waals surface area contributed by atoms with Gasteiger partial charge in [-0.15, -0.1) is 0 Å². The molecule has 0 fully saturated rings. The number of amidine groups is 1. The van der Waals surface area contributed by atoms with Crippen molar-refractivity contribution in [2.45, 2.75) is 6.61 Å². The highest BCUT2D eigenvalue weighted by atomic mass is 16.7. The third-order valence-electron chi connectivity index (χ3n) is 2.95. The average Bonchev–Trinajstić information content (AvgIpc) is 3.00. The molecule has 0 saturated heterocycles. The second-order valence-electron chi connectivity index (χ2n) is 4.31. The van der Waals surface area contributed by atoms with Gasteiger partial charge in [-0.3, -0.25) is 0 Å². The number of fused-ring (bicyclic) bond motifs is 1. The lowest BCUT2D eigenvalue weighted by Crippen LogP contribution is -2.16. The van der Waals surface area contributed by atoms with E-state index in [0.717, 1.165) is 11.3 Å². The van der Waals surface area contributed by atoms with Crippen LogP contribution in [0.2, 0.25) is 0 Å². The summed E-state index contributed by atoms with van der Waals surface area (Å²) in [6, 6.07) is 8.97. The van der Waals surface area contributed by atoms with Crippen LogP contribution >= 0.6 is 0 Å². The zero-order valence-corrected chi connectivity index (χ0v) is 11.0. The van der Waals surface area contributed by atoms with E-state index in [9.17, 15) is 0 Å². The molecule has 0 atom stereocenters. The molecule has 0 bridgehead atoms. The summed E-state index contributed by atoms with van der Waals surface area (Å²) in [5, 5.41) is 11.7. The maximum atomic E-state index is 8.74. The first-order valence-electron chi connectivity index (χ1n) is 6.22. The molecule has 0 unspecified atom stereocenters. The number of hydrogen-bond donors (Lipinski definition) is 2. The van der Waals surface area contributed by atoms with Crippen molar-refractivity contribution in [2.75, 3.05) is 6.79 Å². The van der Waals surface area contributed by atoms with Crippen LogP contribution in [0.3, 0.4) is 0 Å². The van der Waals surface area contributed by atoms with E-state index >= 15 is 0 Å². The second-order valence-corrected chi connectivity index (χ2v) is 4.31. The number of nitrogens with zero attached hydrogens (tertiary/aromatic N) is 2. The molecule has 1 aromatic heterocycles. The Balaban J connectivity index is 1.76. The van der Waals surface area contributed by atoms with Crippen LogP contribution in [0.15, 0.2) is 41.7 Å². The number of hydrogen-bond acceptors (Lipinski definition) is 6. The number of nitrogens with two attached hydrogens (primary N) is 1. The van der Waals surface area contributed by atoms with Crippen LogP contribution in [-0.2, 0) is 6.61 Å². The zero-order chi connectivity index (χ0) is 14.7. The van der Waals surface area contributed by atoms with Crippen molar-refractivity contribution in [1.29, 1.82) is 0 Å². The first-order chi connectivity index (χ1) is 10.3. The van der Waals surface area contributed by atoms with Crippen LogP contribution in [-0.4, -0.2) is 22.8 Å². The summed E-state index contributed by atoms with van der Waals surface area (Å²) in [5.41, 5.74) is 6.76. The molecule has 2 heterocycles. The molecule has 0 spiro atoms. The smallest absolute Gasteiger partial charge is 0.231 e. The minimum absolute atomic E-state index is 0.101. The molecule has 0 radical (unpaired) electrons. The minimum Gasteiger partial charge on any atom is -0.486 e. The minimum atomic E-state index is -0.101. The topological polar surface area (TPSA) is 99.2 Å². The Bertz CT molecular complexity index is 688. The predicted molar refractivity (Wildman–Crippen MR) is 73.6 cm³/mol. The third kappa shape index (κ3) is 2.66. The zero-order valence-electron chi connectivity index (χ0n) is 11.0. The van der Waals surface area contributed by atoms with Gasteiger partial charge in [-0.05, 0) is 29.8 Å². The van der Waals surface area contributed by atoms with E-state index in [1.165, 1.54) is 0 Å². The molecular formula is C14H13N3O4. The average molecular weight is 287 g/mol. The monoisotopic (exact) mass is 287 g/mol. The molecule has 7 nitrogen and oxygen atoms in total. The van der Waals surface area contributed by atoms with Crippen molar-refractivity contribution in [3.8, 4) is 17.2 Å². The fourth-order valence-corrected chi connectivity index (χ4v) is 1.94. The maximum Gasteiger partial charge on any atom is 0.231 e. The molecule has 21 heavy (non-hydrogen) atoms. The highest BCUT2D eigenvalue weighted by Gasteiger charge is 2.14. The van der Waals surface area contributed by atoms with Gasteiger partial charge in [0.1, 0.15) is 12.4 Å². The largest absolute Gasteiger partial charge is 0.486 e. The van der Waals surface area contributed by atoms with Crippen molar-refractivity contribution in [1.82, 2.24) is 4.98 Å². The molecule has 0 aliphatic carbocycles. The predicted octanol–water partition coefficient (Wildman–Crippen LogP) is 1.48. The molecule has 2 aromatic rings. The van der Waals surface area contributed by atoms with Gasteiger partial charge in [0, 0.05) is 6.20 Å². The summed E-state index contributed by atoms with van der Waals surface area (Å²) in [7, 11) is 0. The lowest BCUT2D eigenvalue weighted by Gasteiger charge is -2.10. The van der Waals surface area contributed by atoms with E-state index in [0.29, 0.717) is 23.8 Å². The van der Waals surface area contributed by atoms with Crippen molar-refractivity contribution in [3.05, 3.63) is 47.8 Å². The van der Waals surface area contributed by atoms with Crippen LogP contribution in [0.25, 0.3) is 0 Å². The Morgan fingerprint density at radius 2 is 2.19 bits per heavy atom. The van der Waals surface area contributed by atoms with Crippen molar-refractivity contribution in [3.63, 3.8) is 0 Å². The van der Waals surface area contributed by atoms with Crippen LogP contribution in [0, 0.1) is 0 Å². The standard InChI is InChI=1S/C14H13N3O4/c15-14(17-18)13-11(2-1-5-16-13)19-7-9-3-4-10-12(6-9)21-8-20-10/h1-6,18H,7-8H2,(H2,15,17). The number of oxime groups is 1. The lowest BCUT2D eigenvalue weighted by atomic mass is 10.2. The molecular weight excluding hydrogens is 274 g/mol. The number of rotatable bonds is 4. The Labute approximate surface area is 120 Å². The number of benzene rings is 1. The molecule has 1 aliphatic heterocycles. The first kappa shape index (κ1) is 13.0. The van der Waals surface area contributed by atoms with Crippen molar-refractivity contribution >= 4 is 5.84 Å². The van der Waals surface area contributed by atoms with Gasteiger partial charge in [0.25, 0.3) is 0 Å². The Morgan fingerprint density at radius 1 is 1.33 bits per heavy atom. The van der Waals surface area contributed by atoms with Crippen molar-refractivity contribution < 1.29 is 19.4 Å². The fraction of sp³-hybridized carbons (Fsp3) is 0.143. The normalized spacial score (nSPS) is 13.2. The molecule has 3 rings (SSSR count). The van der Waals surface area contributed by atoms with Crippen LogP contribution in [0.1, 0.15) is 11.3 Å². The van der Waals surface area contributed by atoms with E-state index in [2.05, 4.69) is 10.1 Å². The van der Waals surface area contributed by atoms with Gasteiger partial charge < -0.3 is 25.2 Å². The van der Waals surface area contributed by atoms with Gasteiger partial charge in [-0.1, -0.05) is 11.2 Å². The number of aromatic nitrogens is 1. The van der Waals surface area contributed by atoms with E-state index in [4.69, 9.17) is 25.2 Å². The molecule has 7 heteroatoms. The molecule has 0 saturated carbocycles. The SMILES string of the molecule is N/C(=N/O)c1ncccc1OCc1ccc2c(c1)OCO2. The number of pyridine rings is 1. The summed E-state index contributed by atoms with van der Waals surface area (Å²) in [4.78, 5) is 4.03. The van der Waals surface area contributed by atoms with Gasteiger partial charge in [0.05, 0.1) is 0 Å². The van der Waals surface area contributed by atoms with Gasteiger partial charge >= 0.3 is 0 Å². The quantitative estimate of drug-likeness (QED) is 0.382. The van der Waals surface area contributed by atoms with Crippen LogP contribution in [0.4, 0.5) is 0 Å². The van der Waals surface area contributed by atoms with Gasteiger partial charge in [0.15, 0.2) is 23.0 Å². The summed E-state index contributed by atoms with van der Waals surface area (Å²) < 4.78 is 16.2. The lowest BCUT2D eigenvalue weighted by molar-refractivity contribution is 0.174. The van der Waals surface area contributed by atoms with Crippen LogP contribution in [0.5, 0.6) is 17.2 Å². The second kappa shape index (κ2) is 5.58. The Kier molecular flexibility index (Phi) is 3.46. The van der Waals surface area contributed by atoms with Gasteiger partial charge in [-0.2, -0.15) is 0 Å². The van der Waals surface area contributed by atoms with Gasteiger partial charge in [-0.25, -0.2) is 4.98 Å². The van der Waals surface area contributed by atoms with E-state index in [1.807, 2.05) is 18.2 Å². The molecule has 1 aromatic carbocycles. The van der Waals surface area contributed by atoms with Crippen molar-refractivity contribution in [2.24, 2.45) is 10.9 Å². The Morgan fingerprint density at radius 3 is 3.05 bits per heavy atom. The van der Waals surface area contributed by atoms with E-state index < -0.39 is 0 Å². The van der Waals surface area contributed by atoms with Gasteiger partial charge in [0.2, 0.25) is 6.79 Å².